The zero-order valence-corrected chi connectivity index (χ0v) is 13.8. The lowest BCUT2D eigenvalue weighted by Gasteiger charge is -2.25. The topological polar surface area (TPSA) is 57.7 Å². The van der Waals surface area contributed by atoms with Crippen LogP contribution in [0.5, 0.6) is 0 Å². The van der Waals surface area contributed by atoms with E-state index in [0.29, 0.717) is 5.56 Å². The summed E-state index contributed by atoms with van der Waals surface area (Å²) in [5, 5.41) is 13.1. The summed E-state index contributed by atoms with van der Waals surface area (Å²) in [6.07, 6.45) is 3.21. The van der Waals surface area contributed by atoms with E-state index in [1.807, 2.05) is 30.3 Å². The maximum Gasteiger partial charge on any atom is 0.138 e. The van der Waals surface area contributed by atoms with E-state index in [0.717, 1.165) is 17.8 Å². The second kappa shape index (κ2) is 7.07. The molecular formula is C19H19N5. The minimum atomic E-state index is 0.264. The summed E-state index contributed by atoms with van der Waals surface area (Å²) in [5.74, 6) is 0. The maximum atomic E-state index is 9.01. The zero-order valence-electron chi connectivity index (χ0n) is 13.8. The SMILES string of the molecule is CC(c1ccc(-n2cncn2)cc1)N(C)Cc1cccc(C#N)c1. The van der Waals surface area contributed by atoms with Crippen molar-refractivity contribution in [3.63, 3.8) is 0 Å². The number of nitrogens with zero attached hydrogens (tertiary/aromatic N) is 5. The Labute approximate surface area is 141 Å². The van der Waals surface area contributed by atoms with E-state index in [1.165, 1.54) is 11.9 Å². The van der Waals surface area contributed by atoms with Crippen LogP contribution < -0.4 is 0 Å². The van der Waals surface area contributed by atoms with Crippen molar-refractivity contribution in [2.24, 2.45) is 0 Å². The first kappa shape index (κ1) is 15.9. The Morgan fingerprint density at radius 3 is 2.67 bits per heavy atom. The first-order valence-corrected chi connectivity index (χ1v) is 7.81. The monoisotopic (exact) mass is 317 g/mol. The summed E-state index contributed by atoms with van der Waals surface area (Å²) >= 11 is 0. The summed E-state index contributed by atoms with van der Waals surface area (Å²) in [7, 11) is 2.09. The minimum Gasteiger partial charge on any atom is -0.295 e. The van der Waals surface area contributed by atoms with Gasteiger partial charge in [0.15, 0.2) is 0 Å². The van der Waals surface area contributed by atoms with Gasteiger partial charge < -0.3 is 0 Å². The molecule has 0 aliphatic rings. The van der Waals surface area contributed by atoms with Crippen LogP contribution in [0.2, 0.25) is 0 Å². The summed E-state index contributed by atoms with van der Waals surface area (Å²) in [5.41, 5.74) is 4.07. The molecule has 0 bridgehead atoms. The molecular weight excluding hydrogens is 298 g/mol. The van der Waals surface area contributed by atoms with E-state index in [4.69, 9.17) is 5.26 Å². The van der Waals surface area contributed by atoms with Crippen LogP contribution >= 0.6 is 0 Å². The fraction of sp³-hybridized carbons (Fsp3) is 0.211. The molecule has 1 aromatic heterocycles. The number of rotatable bonds is 5. The molecule has 3 aromatic rings. The van der Waals surface area contributed by atoms with Crippen LogP contribution in [0.3, 0.4) is 0 Å². The molecule has 24 heavy (non-hydrogen) atoms. The van der Waals surface area contributed by atoms with Crippen molar-refractivity contribution in [3.8, 4) is 11.8 Å². The zero-order chi connectivity index (χ0) is 16.9. The van der Waals surface area contributed by atoms with Gasteiger partial charge in [0.1, 0.15) is 12.7 Å². The van der Waals surface area contributed by atoms with Gasteiger partial charge in [-0.05, 0) is 49.4 Å². The second-order valence-electron chi connectivity index (χ2n) is 5.83. The van der Waals surface area contributed by atoms with Crippen molar-refractivity contribution in [3.05, 3.63) is 77.9 Å². The van der Waals surface area contributed by atoms with Gasteiger partial charge in [0.05, 0.1) is 17.3 Å². The van der Waals surface area contributed by atoms with E-state index < -0.39 is 0 Å². The van der Waals surface area contributed by atoms with Gasteiger partial charge in [0, 0.05) is 12.6 Å². The van der Waals surface area contributed by atoms with Crippen molar-refractivity contribution < 1.29 is 0 Å². The van der Waals surface area contributed by atoms with E-state index in [9.17, 15) is 0 Å². The van der Waals surface area contributed by atoms with Crippen molar-refractivity contribution in [1.82, 2.24) is 19.7 Å². The van der Waals surface area contributed by atoms with Gasteiger partial charge >= 0.3 is 0 Å². The Morgan fingerprint density at radius 2 is 2.00 bits per heavy atom. The predicted molar refractivity (Wildman–Crippen MR) is 92.4 cm³/mol. The summed E-state index contributed by atoms with van der Waals surface area (Å²) in [6.45, 7) is 2.97. The Balaban J connectivity index is 1.71. The van der Waals surface area contributed by atoms with E-state index in [1.54, 1.807) is 11.0 Å². The smallest absolute Gasteiger partial charge is 0.138 e. The highest BCUT2D eigenvalue weighted by Crippen LogP contribution is 2.22. The number of hydrogen-bond acceptors (Lipinski definition) is 4. The number of nitriles is 1. The Bertz CT molecular complexity index is 831. The van der Waals surface area contributed by atoms with Gasteiger partial charge in [0.2, 0.25) is 0 Å². The molecule has 1 heterocycles. The van der Waals surface area contributed by atoms with Crippen molar-refractivity contribution in [2.45, 2.75) is 19.5 Å². The average molecular weight is 317 g/mol. The third kappa shape index (κ3) is 3.50. The fourth-order valence-corrected chi connectivity index (χ4v) is 2.67. The molecule has 5 heteroatoms. The first-order valence-electron chi connectivity index (χ1n) is 7.81. The van der Waals surface area contributed by atoms with Gasteiger partial charge in [-0.25, -0.2) is 9.67 Å². The number of benzene rings is 2. The van der Waals surface area contributed by atoms with E-state index in [2.05, 4.69) is 53.2 Å². The van der Waals surface area contributed by atoms with E-state index in [-0.39, 0.29) is 6.04 Å². The molecule has 0 aliphatic carbocycles. The third-order valence-electron chi connectivity index (χ3n) is 4.21. The Kier molecular flexibility index (Phi) is 4.69. The lowest BCUT2D eigenvalue weighted by molar-refractivity contribution is 0.253. The first-order chi connectivity index (χ1) is 11.7. The molecule has 0 amide bonds. The predicted octanol–water partition coefficient (Wildman–Crippen LogP) is 3.33. The maximum absolute atomic E-state index is 9.01. The molecule has 2 aromatic carbocycles. The molecule has 0 spiro atoms. The molecule has 0 saturated carbocycles. The average Bonchev–Trinajstić information content (AvgIpc) is 3.16. The van der Waals surface area contributed by atoms with Crippen LogP contribution in [0.1, 0.15) is 29.7 Å². The van der Waals surface area contributed by atoms with Crippen molar-refractivity contribution >= 4 is 0 Å². The molecule has 0 N–H and O–H groups in total. The van der Waals surface area contributed by atoms with Crippen LogP contribution in [0.15, 0.2) is 61.2 Å². The van der Waals surface area contributed by atoms with Crippen LogP contribution in [0, 0.1) is 11.3 Å². The standard InChI is InChI=1S/C19H19N5/c1-15(23(2)12-17-5-3-4-16(10-17)11-20)18-6-8-19(9-7-18)24-14-21-13-22-24/h3-10,13-15H,12H2,1-2H3. The molecule has 0 fully saturated rings. The summed E-state index contributed by atoms with van der Waals surface area (Å²) in [4.78, 5) is 6.23. The number of aromatic nitrogens is 3. The van der Waals surface area contributed by atoms with Gasteiger partial charge in [-0.3, -0.25) is 4.90 Å². The molecule has 3 rings (SSSR count). The molecule has 1 atom stereocenters. The van der Waals surface area contributed by atoms with Crippen LogP contribution in [0.25, 0.3) is 5.69 Å². The molecule has 120 valence electrons. The molecule has 0 radical (unpaired) electrons. The van der Waals surface area contributed by atoms with Gasteiger partial charge in [-0.1, -0.05) is 24.3 Å². The van der Waals surface area contributed by atoms with Crippen LogP contribution in [0.4, 0.5) is 0 Å². The molecule has 1 unspecified atom stereocenters. The van der Waals surface area contributed by atoms with E-state index >= 15 is 0 Å². The fourth-order valence-electron chi connectivity index (χ4n) is 2.67. The molecule has 0 saturated heterocycles. The van der Waals surface area contributed by atoms with Gasteiger partial charge in [-0.2, -0.15) is 10.4 Å². The summed E-state index contributed by atoms with van der Waals surface area (Å²) < 4.78 is 1.74. The number of hydrogen-bond donors (Lipinski definition) is 0. The molecule has 5 nitrogen and oxygen atoms in total. The largest absolute Gasteiger partial charge is 0.295 e. The van der Waals surface area contributed by atoms with Crippen molar-refractivity contribution in [1.29, 1.82) is 5.26 Å². The Morgan fingerprint density at radius 1 is 1.21 bits per heavy atom. The third-order valence-corrected chi connectivity index (χ3v) is 4.21. The molecule has 0 aliphatic heterocycles. The normalized spacial score (nSPS) is 12.1. The summed E-state index contributed by atoms with van der Waals surface area (Å²) in [6, 6.07) is 18.5. The second-order valence-corrected chi connectivity index (χ2v) is 5.83. The highest BCUT2D eigenvalue weighted by Gasteiger charge is 2.12. The minimum absolute atomic E-state index is 0.264. The van der Waals surface area contributed by atoms with Gasteiger partial charge in [0.25, 0.3) is 0 Å². The lowest BCUT2D eigenvalue weighted by atomic mass is 10.1. The quantitative estimate of drug-likeness (QED) is 0.724. The van der Waals surface area contributed by atoms with Crippen molar-refractivity contribution in [2.75, 3.05) is 7.05 Å². The Hall–Kier alpha value is -2.97. The highest BCUT2D eigenvalue weighted by atomic mass is 15.3. The van der Waals surface area contributed by atoms with Gasteiger partial charge in [-0.15, -0.1) is 0 Å². The lowest BCUT2D eigenvalue weighted by Crippen LogP contribution is -2.22. The van der Waals surface area contributed by atoms with Crippen LogP contribution in [-0.2, 0) is 6.54 Å². The van der Waals surface area contributed by atoms with Crippen LogP contribution in [-0.4, -0.2) is 26.7 Å². The highest BCUT2D eigenvalue weighted by molar-refractivity contribution is 5.35.